The Morgan fingerprint density at radius 1 is 1.43 bits per heavy atom. The van der Waals surface area contributed by atoms with Gasteiger partial charge in [0.15, 0.2) is 0 Å². The Morgan fingerprint density at radius 3 is 2.81 bits per heavy atom. The third-order valence-corrected chi connectivity index (χ3v) is 4.07. The van der Waals surface area contributed by atoms with Crippen LogP contribution in [0.25, 0.3) is 0 Å². The molecule has 0 atom stereocenters. The lowest BCUT2D eigenvalue weighted by molar-refractivity contribution is -0.0669. The highest BCUT2D eigenvalue weighted by Crippen LogP contribution is 2.31. The van der Waals surface area contributed by atoms with Crippen molar-refractivity contribution >= 4 is 5.91 Å². The minimum absolute atomic E-state index is 0.122. The van der Waals surface area contributed by atoms with Gasteiger partial charge in [0.1, 0.15) is 12.0 Å². The van der Waals surface area contributed by atoms with Crippen molar-refractivity contribution in [2.24, 2.45) is 5.73 Å². The Bertz CT molecular complexity index is 450. The quantitative estimate of drug-likeness (QED) is 0.810. The Morgan fingerprint density at radius 2 is 2.19 bits per heavy atom. The first-order valence-corrected chi connectivity index (χ1v) is 7.89. The molecule has 0 bridgehead atoms. The zero-order valence-electron chi connectivity index (χ0n) is 12.8. The Hall–Kier alpha value is -1.33. The maximum atomic E-state index is 12.2. The summed E-state index contributed by atoms with van der Waals surface area (Å²) in [6, 6.07) is 1.69. The van der Waals surface area contributed by atoms with E-state index in [9.17, 15) is 4.79 Å². The summed E-state index contributed by atoms with van der Waals surface area (Å²) in [5.41, 5.74) is 5.82. The molecule has 21 heavy (non-hydrogen) atoms. The van der Waals surface area contributed by atoms with Gasteiger partial charge in [0.05, 0.1) is 17.7 Å². The predicted molar refractivity (Wildman–Crippen MR) is 81.0 cm³/mol. The molecule has 3 N–H and O–H groups in total. The van der Waals surface area contributed by atoms with E-state index in [2.05, 4.69) is 12.2 Å². The second-order valence-corrected chi connectivity index (χ2v) is 5.78. The number of carbonyl (C=O) groups is 1. The molecule has 1 aliphatic rings. The van der Waals surface area contributed by atoms with Gasteiger partial charge in [-0.05, 0) is 25.3 Å². The van der Waals surface area contributed by atoms with Crippen molar-refractivity contribution in [1.29, 1.82) is 0 Å². The highest BCUT2D eigenvalue weighted by atomic mass is 16.5. The van der Waals surface area contributed by atoms with Gasteiger partial charge in [0.25, 0.3) is 5.91 Å². The SMILES string of the molecule is CCCOC1(CNC(=O)c2coc(CN)c2)CCCCC1. The van der Waals surface area contributed by atoms with Crippen molar-refractivity contribution in [3.8, 4) is 0 Å². The van der Waals surface area contributed by atoms with E-state index in [4.69, 9.17) is 14.9 Å². The first kappa shape index (κ1) is 16.0. The Kier molecular flexibility index (Phi) is 5.82. The van der Waals surface area contributed by atoms with E-state index in [-0.39, 0.29) is 11.5 Å². The molecule has 1 aliphatic carbocycles. The molecule has 0 saturated heterocycles. The third-order valence-electron chi connectivity index (χ3n) is 4.07. The summed E-state index contributed by atoms with van der Waals surface area (Å²) in [7, 11) is 0. The van der Waals surface area contributed by atoms with E-state index < -0.39 is 0 Å². The van der Waals surface area contributed by atoms with Crippen LogP contribution < -0.4 is 11.1 Å². The van der Waals surface area contributed by atoms with Crippen LogP contribution in [0.1, 0.15) is 61.6 Å². The van der Waals surface area contributed by atoms with Crippen LogP contribution in [0.2, 0.25) is 0 Å². The number of furan rings is 1. The van der Waals surface area contributed by atoms with E-state index in [1.54, 1.807) is 6.07 Å². The van der Waals surface area contributed by atoms with Crippen molar-refractivity contribution in [2.75, 3.05) is 13.2 Å². The molecule has 1 aromatic rings. The van der Waals surface area contributed by atoms with Crippen LogP contribution in [0.4, 0.5) is 0 Å². The lowest BCUT2D eigenvalue weighted by atomic mass is 9.84. The van der Waals surface area contributed by atoms with E-state index in [0.717, 1.165) is 25.9 Å². The normalized spacial score (nSPS) is 17.6. The highest BCUT2D eigenvalue weighted by Gasteiger charge is 2.33. The maximum Gasteiger partial charge on any atom is 0.254 e. The van der Waals surface area contributed by atoms with Crippen molar-refractivity contribution in [2.45, 2.75) is 57.6 Å². The molecule has 2 rings (SSSR count). The van der Waals surface area contributed by atoms with Crippen LogP contribution in [0, 0.1) is 0 Å². The maximum absolute atomic E-state index is 12.2. The molecule has 1 aromatic heterocycles. The fourth-order valence-corrected chi connectivity index (χ4v) is 2.84. The fraction of sp³-hybridized carbons (Fsp3) is 0.688. The monoisotopic (exact) mass is 294 g/mol. The number of rotatable bonds is 7. The summed E-state index contributed by atoms with van der Waals surface area (Å²) >= 11 is 0. The van der Waals surface area contributed by atoms with Gasteiger partial charge in [-0.15, -0.1) is 0 Å². The molecule has 0 unspecified atom stereocenters. The lowest BCUT2D eigenvalue weighted by Crippen LogP contribution is -2.46. The molecule has 1 saturated carbocycles. The van der Waals surface area contributed by atoms with Crippen molar-refractivity contribution in [3.63, 3.8) is 0 Å². The largest absolute Gasteiger partial charge is 0.467 e. The van der Waals surface area contributed by atoms with Crippen LogP contribution in [-0.4, -0.2) is 24.7 Å². The number of ether oxygens (including phenoxy) is 1. The highest BCUT2D eigenvalue weighted by molar-refractivity contribution is 5.94. The van der Waals surface area contributed by atoms with E-state index in [1.807, 2.05) is 0 Å². The molecule has 0 aromatic carbocycles. The zero-order chi connectivity index (χ0) is 15.1. The number of amides is 1. The molecule has 0 spiro atoms. The standard InChI is InChI=1S/C16H26N2O3/c1-2-8-21-16(6-4-3-5-7-16)12-18-15(19)13-9-14(10-17)20-11-13/h9,11H,2-8,10,12,17H2,1H3,(H,18,19). The summed E-state index contributed by atoms with van der Waals surface area (Å²) in [6.07, 6.45) is 8.09. The first-order chi connectivity index (χ1) is 10.2. The van der Waals surface area contributed by atoms with Gasteiger partial charge in [-0.25, -0.2) is 0 Å². The minimum Gasteiger partial charge on any atom is -0.467 e. The summed E-state index contributed by atoms with van der Waals surface area (Å²) in [5, 5.41) is 2.99. The van der Waals surface area contributed by atoms with Gasteiger partial charge in [-0.3, -0.25) is 4.79 Å². The first-order valence-electron chi connectivity index (χ1n) is 7.89. The van der Waals surface area contributed by atoms with Gasteiger partial charge >= 0.3 is 0 Å². The summed E-state index contributed by atoms with van der Waals surface area (Å²) in [5.74, 6) is 0.498. The Labute approximate surface area is 126 Å². The smallest absolute Gasteiger partial charge is 0.254 e. The second-order valence-electron chi connectivity index (χ2n) is 5.78. The number of hydrogen-bond acceptors (Lipinski definition) is 4. The topological polar surface area (TPSA) is 77.5 Å². The molecule has 1 fully saturated rings. The van der Waals surface area contributed by atoms with Gasteiger partial charge in [0, 0.05) is 13.2 Å². The second kappa shape index (κ2) is 7.61. The van der Waals surface area contributed by atoms with Crippen molar-refractivity contribution < 1.29 is 13.9 Å². The molecule has 5 heteroatoms. The van der Waals surface area contributed by atoms with Crippen LogP contribution in [-0.2, 0) is 11.3 Å². The Balaban J connectivity index is 1.92. The van der Waals surface area contributed by atoms with Gasteiger partial charge < -0.3 is 20.2 Å². The lowest BCUT2D eigenvalue weighted by Gasteiger charge is -2.37. The van der Waals surface area contributed by atoms with Crippen LogP contribution in [0.3, 0.4) is 0 Å². The molecule has 5 nitrogen and oxygen atoms in total. The zero-order valence-corrected chi connectivity index (χ0v) is 12.8. The predicted octanol–water partition coefficient (Wildman–Crippen LogP) is 2.60. The fourth-order valence-electron chi connectivity index (χ4n) is 2.84. The van der Waals surface area contributed by atoms with Gasteiger partial charge in [0.2, 0.25) is 0 Å². The van der Waals surface area contributed by atoms with Gasteiger partial charge in [-0.1, -0.05) is 26.2 Å². The minimum atomic E-state index is -0.190. The molecule has 118 valence electrons. The third kappa shape index (κ3) is 4.32. The van der Waals surface area contributed by atoms with Crippen molar-refractivity contribution in [3.05, 3.63) is 23.7 Å². The molecule has 0 radical (unpaired) electrons. The average molecular weight is 294 g/mol. The number of nitrogens with two attached hydrogens (primary N) is 1. The van der Waals surface area contributed by atoms with Crippen LogP contribution >= 0.6 is 0 Å². The van der Waals surface area contributed by atoms with E-state index in [0.29, 0.717) is 24.4 Å². The summed E-state index contributed by atoms with van der Waals surface area (Å²) < 4.78 is 11.3. The van der Waals surface area contributed by atoms with E-state index >= 15 is 0 Å². The molecule has 1 heterocycles. The number of carbonyl (C=O) groups excluding carboxylic acids is 1. The molecular formula is C16H26N2O3. The number of nitrogens with one attached hydrogen (secondary N) is 1. The number of hydrogen-bond donors (Lipinski definition) is 2. The van der Waals surface area contributed by atoms with Gasteiger partial charge in [-0.2, -0.15) is 0 Å². The molecule has 1 amide bonds. The van der Waals surface area contributed by atoms with Crippen LogP contribution in [0.5, 0.6) is 0 Å². The van der Waals surface area contributed by atoms with Crippen LogP contribution in [0.15, 0.2) is 16.7 Å². The van der Waals surface area contributed by atoms with E-state index in [1.165, 1.54) is 25.5 Å². The molecule has 0 aliphatic heterocycles. The summed E-state index contributed by atoms with van der Waals surface area (Å²) in [4.78, 5) is 12.2. The average Bonchev–Trinajstić information content (AvgIpc) is 3.01. The van der Waals surface area contributed by atoms with Crippen molar-refractivity contribution in [1.82, 2.24) is 5.32 Å². The summed E-state index contributed by atoms with van der Waals surface area (Å²) in [6.45, 7) is 3.72. The molecular weight excluding hydrogens is 268 g/mol.